The first-order chi connectivity index (χ1) is 9.72. The molecule has 1 spiro atoms. The van der Waals surface area contributed by atoms with E-state index in [0.717, 1.165) is 37.2 Å². The van der Waals surface area contributed by atoms with Gasteiger partial charge in [-0.2, -0.15) is 0 Å². The second-order valence-electron chi connectivity index (χ2n) is 5.80. The highest BCUT2D eigenvalue weighted by Crippen LogP contribution is 2.41. The highest BCUT2D eigenvalue weighted by atomic mass is 16.6. The Bertz CT molecular complexity index is 436. The van der Waals surface area contributed by atoms with Crippen molar-refractivity contribution >= 4 is 0 Å². The minimum Gasteiger partial charge on any atom is -0.497 e. The van der Waals surface area contributed by atoms with Crippen molar-refractivity contribution in [1.29, 1.82) is 0 Å². The van der Waals surface area contributed by atoms with Crippen LogP contribution < -0.4 is 4.74 Å². The molecule has 4 nitrogen and oxygen atoms in total. The maximum Gasteiger partial charge on any atom is 0.118 e. The second kappa shape index (κ2) is 5.72. The summed E-state index contributed by atoms with van der Waals surface area (Å²) in [7, 11) is 1.65. The summed E-state index contributed by atoms with van der Waals surface area (Å²) in [5.74, 6) is 1.05. The zero-order valence-electron chi connectivity index (χ0n) is 11.9. The van der Waals surface area contributed by atoms with Crippen LogP contribution in [0.25, 0.3) is 0 Å². The fourth-order valence-electron chi connectivity index (χ4n) is 3.27. The predicted octanol–water partition coefficient (Wildman–Crippen LogP) is 2.31. The molecule has 110 valence electrons. The average molecular weight is 278 g/mol. The van der Waals surface area contributed by atoms with Crippen LogP contribution in [0.3, 0.4) is 0 Å². The Morgan fingerprint density at radius 1 is 1.30 bits per heavy atom. The summed E-state index contributed by atoms with van der Waals surface area (Å²) in [6.07, 6.45) is 2.27. The average Bonchev–Trinajstić information content (AvgIpc) is 2.94. The third-order valence-corrected chi connectivity index (χ3v) is 4.50. The Hall–Kier alpha value is -1.10. The molecule has 0 radical (unpaired) electrons. The Morgan fingerprint density at radius 2 is 2.10 bits per heavy atom. The quantitative estimate of drug-likeness (QED) is 0.921. The van der Waals surface area contributed by atoms with Crippen LogP contribution in [0.15, 0.2) is 24.3 Å². The highest BCUT2D eigenvalue weighted by molar-refractivity contribution is 5.28. The first kappa shape index (κ1) is 13.9. The van der Waals surface area contributed by atoms with E-state index in [4.69, 9.17) is 14.2 Å². The van der Waals surface area contributed by atoms with Gasteiger partial charge in [0.2, 0.25) is 0 Å². The van der Waals surface area contributed by atoms with Crippen LogP contribution in [-0.4, -0.2) is 37.6 Å². The van der Waals surface area contributed by atoms with Gasteiger partial charge in [0.25, 0.3) is 0 Å². The molecule has 2 saturated heterocycles. The van der Waals surface area contributed by atoms with Crippen LogP contribution in [0.5, 0.6) is 5.75 Å². The molecule has 3 rings (SSSR count). The van der Waals surface area contributed by atoms with E-state index in [1.807, 2.05) is 24.3 Å². The Morgan fingerprint density at radius 3 is 2.75 bits per heavy atom. The van der Waals surface area contributed by atoms with E-state index >= 15 is 0 Å². The molecular weight excluding hydrogens is 256 g/mol. The molecule has 0 amide bonds. The molecule has 0 bridgehead atoms. The minimum atomic E-state index is -0.442. The van der Waals surface area contributed by atoms with E-state index in [-0.39, 0.29) is 11.5 Å². The fourth-order valence-corrected chi connectivity index (χ4v) is 3.27. The Balaban J connectivity index is 1.70. The number of rotatable bonds is 3. The number of ether oxygens (including phenoxy) is 3. The van der Waals surface area contributed by atoms with Crippen molar-refractivity contribution in [3.8, 4) is 5.75 Å². The van der Waals surface area contributed by atoms with Gasteiger partial charge in [-0.1, -0.05) is 12.1 Å². The fraction of sp³-hybridized carbons (Fsp3) is 0.625. The SMILES string of the molecule is COc1ccc(C(O)C2CCOC3(CCOC3)C2)cc1. The van der Waals surface area contributed by atoms with Gasteiger partial charge in [0, 0.05) is 19.6 Å². The van der Waals surface area contributed by atoms with Gasteiger partial charge < -0.3 is 19.3 Å². The summed E-state index contributed by atoms with van der Waals surface area (Å²) < 4.78 is 16.6. The van der Waals surface area contributed by atoms with E-state index in [1.54, 1.807) is 7.11 Å². The van der Waals surface area contributed by atoms with Gasteiger partial charge in [0.05, 0.1) is 25.4 Å². The molecule has 2 heterocycles. The maximum absolute atomic E-state index is 10.6. The van der Waals surface area contributed by atoms with Gasteiger partial charge >= 0.3 is 0 Å². The van der Waals surface area contributed by atoms with Gasteiger partial charge in [-0.15, -0.1) is 0 Å². The van der Waals surface area contributed by atoms with Gasteiger partial charge in [0.1, 0.15) is 5.75 Å². The summed E-state index contributed by atoms with van der Waals surface area (Å²) >= 11 is 0. The molecule has 3 unspecified atom stereocenters. The lowest BCUT2D eigenvalue weighted by Crippen LogP contribution is -2.41. The van der Waals surface area contributed by atoms with Crippen molar-refractivity contribution in [2.75, 3.05) is 26.9 Å². The molecule has 4 heteroatoms. The third kappa shape index (κ3) is 2.68. The van der Waals surface area contributed by atoms with Crippen LogP contribution in [-0.2, 0) is 9.47 Å². The van der Waals surface area contributed by atoms with Crippen molar-refractivity contribution in [2.45, 2.75) is 31.0 Å². The highest BCUT2D eigenvalue weighted by Gasteiger charge is 2.42. The topological polar surface area (TPSA) is 47.9 Å². The Kier molecular flexibility index (Phi) is 3.96. The molecule has 20 heavy (non-hydrogen) atoms. The van der Waals surface area contributed by atoms with Crippen LogP contribution >= 0.6 is 0 Å². The smallest absolute Gasteiger partial charge is 0.118 e. The summed E-state index contributed by atoms with van der Waals surface area (Å²) in [6, 6.07) is 7.67. The lowest BCUT2D eigenvalue weighted by atomic mass is 9.80. The molecule has 1 aromatic rings. The largest absolute Gasteiger partial charge is 0.497 e. The van der Waals surface area contributed by atoms with Gasteiger partial charge in [-0.25, -0.2) is 0 Å². The summed E-state index contributed by atoms with van der Waals surface area (Å²) in [6.45, 7) is 2.14. The van der Waals surface area contributed by atoms with Gasteiger partial charge in [-0.3, -0.25) is 0 Å². The standard InChI is InChI=1S/C16H22O4/c1-18-14-4-2-12(3-5-14)15(17)13-6-8-20-16(10-13)7-9-19-11-16/h2-5,13,15,17H,6-11H2,1H3. The summed E-state index contributed by atoms with van der Waals surface area (Å²) in [5.41, 5.74) is 0.794. The first-order valence-electron chi connectivity index (χ1n) is 7.26. The van der Waals surface area contributed by atoms with E-state index in [0.29, 0.717) is 13.2 Å². The van der Waals surface area contributed by atoms with E-state index in [9.17, 15) is 5.11 Å². The monoisotopic (exact) mass is 278 g/mol. The van der Waals surface area contributed by atoms with E-state index < -0.39 is 6.10 Å². The molecule has 2 aliphatic rings. The molecule has 2 fully saturated rings. The summed E-state index contributed by atoms with van der Waals surface area (Å²) in [5, 5.41) is 10.6. The maximum atomic E-state index is 10.6. The van der Waals surface area contributed by atoms with Crippen molar-refractivity contribution in [2.24, 2.45) is 5.92 Å². The molecule has 0 aromatic heterocycles. The van der Waals surface area contributed by atoms with Crippen molar-refractivity contribution in [3.05, 3.63) is 29.8 Å². The van der Waals surface area contributed by atoms with Crippen molar-refractivity contribution < 1.29 is 19.3 Å². The number of aliphatic hydroxyl groups excluding tert-OH is 1. The number of aliphatic hydroxyl groups is 1. The molecule has 1 aromatic carbocycles. The molecule has 0 saturated carbocycles. The first-order valence-corrected chi connectivity index (χ1v) is 7.26. The van der Waals surface area contributed by atoms with Crippen LogP contribution in [0.2, 0.25) is 0 Å². The normalized spacial score (nSPS) is 31.4. The number of methoxy groups -OCH3 is 1. The zero-order chi connectivity index (χ0) is 14.0. The lowest BCUT2D eigenvalue weighted by Gasteiger charge is -2.39. The van der Waals surface area contributed by atoms with Gasteiger partial charge in [-0.05, 0) is 36.5 Å². The minimum absolute atomic E-state index is 0.156. The number of benzene rings is 1. The predicted molar refractivity (Wildman–Crippen MR) is 74.8 cm³/mol. The van der Waals surface area contributed by atoms with Crippen molar-refractivity contribution in [1.82, 2.24) is 0 Å². The van der Waals surface area contributed by atoms with Crippen molar-refractivity contribution in [3.63, 3.8) is 0 Å². The third-order valence-electron chi connectivity index (χ3n) is 4.50. The molecular formula is C16H22O4. The Labute approximate surface area is 119 Å². The number of hydrogen-bond donors (Lipinski definition) is 1. The van der Waals surface area contributed by atoms with E-state index in [1.165, 1.54) is 0 Å². The van der Waals surface area contributed by atoms with Crippen LogP contribution in [0, 0.1) is 5.92 Å². The second-order valence-corrected chi connectivity index (χ2v) is 5.80. The van der Waals surface area contributed by atoms with Crippen LogP contribution in [0.1, 0.15) is 30.9 Å². The lowest BCUT2D eigenvalue weighted by molar-refractivity contribution is -0.117. The number of hydrogen-bond acceptors (Lipinski definition) is 4. The van der Waals surface area contributed by atoms with Gasteiger partial charge in [0.15, 0.2) is 0 Å². The molecule has 1 N–H and O–H groups in total. The molecule has 2 aliphatic heterocycles. The zero-order valence-corrected chi connectivity index (χ0v) is 11.9. The molecule has 3 atom stereocenters. The van der Waals surface area contributed by atoms with E-state index in [2.05, 4.69) is 0 Å². The van der Waals surface area contributed by atoms with Crippen LogP contribution in [0.4, 0.5) is 0 Å². The molecule has 0 aliphatic carbocycles. The summed E-state index contributed by atoms with van der Waals surface area (Å²) in [4.78, 5) is 0.